The highest BCUT2D eigenvalue weighted by Gasteiger charge is 2.26. The van der Waals surface area contributed by atoms with Gasteiger partial charge in [-0.25, -0.2) is 13.1 Å². The molecule has 1 rings (SSSR count). The lowest BCUT2D eigenvalue weighted by Gasteiger charge is -2.22. The highest BCUT2D eigenvalue weighted by Crippen LogP contribution is 2.16. The number of nitrogens with two attached hydrogens (primary N) is 1. The van der Waals surface area contributed by atoms with E-state index in [0.29, 0.717) is 5.75 Å². The fraction of sp³-hybridized carbons (Fsp3) is 0.667. The number of anilines is 1. The van der Waals surface area contributed by atoms with E-state index in [4.69, 9.17) is 5.73 Å². The summed E-state index contributed by atoms with van der Waals surface area (Å²) in [6, 6.07) is 0. The van der Waals surface area contributed by atoms with Crippen LogP contribution in [0.1, 0.15) is 6.92 Å². The van der Waals surface area contributed by atoms with Gasteiger partial charge in [0.2, 0.25) is 10.0 Å². The van der Waals surface area contributed by atoms with Crippen molar-refractivity contribution in [2.75, 3.05) is 24.3 Å². The minimum Gasteiger partial charge on any atom is -0.388 e. The monoisotopic (exact) mass is 294 g/mol. The smallest absolute Gasteiger partial charge is 0.245 e. The van der Waals surface area contributed by atoms with Crippen molar-refractivity contribution >= 4 is 27.6 Å². The SMILES string of the molecule is CSCC(C)(O)CNS(=O)(=O)c1cn(C)nc1N. The molecule has 9 heteroatoms. The van der Waals surface area contributed by atoms with Gasteiger partial charge in [-0.2, -0.15) is 16.9 Å². The zero-order valence-corrected chi connectivity index (χ0v) is 12.2. The average molecular weight is 294 g/mol. The fourth-order valence-electron chi connectivity index (χ4n) is 1.38. The van der Waals surface area contributed by atoms with Crippen LogP contribution in [0.4, 0.5) is 5.82 Å². The number of nitrogen functional groups attached to an aromatic ring is 1. The van der Waals surface area contributed by atoms with Gasteiger partial charge in [0, 0.05) is 25.5 Å². The molecule has 0 saturated heterocycles. The fourth-order valence-corrected chi connectivity index (χ4v) is 3.37. The first-order valence-corrected chi connectivity index (χ1v) is 8.06. The summed E-state index contributed by atoms with van der Waals surface area (Å²) < 4.78 is 27.6. The second kappa shape index (κ2) is 5.47. The Morgan fingerprint density at radius 2 is 2.28 bits per heavy atom. The summed E-state index contributed by atoms with van der Waals surface area (Å²) in [6.45, 7) is 1.49. The molecule has 0 spiro atoms. The molecule has 104 valence electrons. The van der Waals surface area contributed by atoms with Crippen molar-refractivity contribution in [1.29, 1.82) is 0 Å². The van der Waals surface area contributed by atoms with Crippen molar-refractivity contribution in [3.8, 4) is 0 Å². The Balaban J connectivity index is 2.81. The number of nitrogens with one attached hydrogen (secondary N) is 1. The number of aromatic nitrogens is 2. The Bertz CT molecular complexity index is 510. The highest BCUT2D eigenvalue weighted by molar-refractivity contribution is 7.98. The lowest BCUT2D eigenvalue weighted by Crippen LogP contribution is -2.42. The van der Waals surface area contributed by atoms with Gasteiger partial charge in [0.15, 0.2) is 5.82 Å². The molecular formula is C9H18N4O3S2. The topological polar surface area (TPSA) is 110 Å². The number of sulfonamides is 1. The molecule has 18 heavy (non-hydrogen) atoms. The molecule has 0 bridgehead atoms. The summed E-state index contributed by atoms with van der Waals surface area (Å²) in [7, 11) is -2.17. The van der Waals surface area contributed by atoms with Crippen molar-refractivity contribution in [2.24, 2.45) is 7.05 Å². The molecule has 0 aliphatic carbocycles. The van der Waals surface area contributed by atoms with Gasteiger partial charge in [-0.15, -0.1) is 0 Å². The van der Waals surface area contributed by atoms with Crippen LogP contribution in [-0.4, -0.2) is 47.5 Å². The van der Waals surface area contributed by atoms with Crippen LogP contribution in [0.3, 0.4) is 0 Å². The van der Waals surface area contributed by atoms with E-state index in [-0.39, 0.29) is 17.3 Å². The number of aryl methyl sites for hydroxylation is 1. The maximum Gasteiger partial charge on any atom is 0.245 e. The van der Waals surface area contributed by atoms with Gasteiger partial charge in [-0.1, -0.05) is 0 Å². The van der Waals surface area contributed by atoms with Crippen LogP contribution in [0, 0.1) is 0 Å². The lowest BCUT2D eigenvalue weighted by molar-refractivity contribution is 0.0908. The second-order valence-electron chi connectivity index (χ2n) is 4.31. The Morgan fingerprint density at radius 3 is 2.72 bits per heavy atom. The average Bonchev–Trinajstić information content (AvgIpc) is 2.56. The van der Waals surface area contributed by atoms with Crippen LogP contribution in [0.5, 0.6) is 0 Å². The molecule has 0 aliphatic rings. The highest BCUT2D eigenvalue weighted by atomic mass is 32.2. The number of aliphatic hydroxyl groups is 1. The van der Waals surface area contributed by atoms with Crippen molar-refractivity contribution in [3.05, 3.63) is 6.20 Å². The largest absolute Gasteiger partial charge is 0.388 e. The minimum absolute atomic E-state index is 0.0606. The van der Waals surface area contributed by atoms with E-state index in [9.17, 15) is 13.5 Å². The first-order valence-electron chi connectivity index (χ1n) is 5.18. The molecule has 0 aliphatic heterocycles. The molecule has 1 heterocycles. The van der Waals surface area contributed by atoms with Crippen molar-refractivity contribution in [1.82, 2.24) is 14.5 Å². The van der Waals surface area contributed by atoms with Crippen LogP contribution >= 0.6 is 11.8 Å². The summed E-state index contributed by atoms with van der Waals surface area (Å²) in [5, 5.41) is 13.7. The van der Waals surface area contributed by atoms with E-state index in [1.165, 1.54) is 22.6 Å². The van der Waals surface area contributed by atoms with Gasteiger partial charge in [-0.3, -0.25) is 4.68 Å². The maximum absolute atomic E-state index is 12.0. The zero-order chi connectivity index (χ0) is 14.0. The van der Waals surface area contributed by atoms with Crippen LogP contribution < -0.4 is 10.5 Å². The molecule has 0 fully saturated rings. The summed E-state index contributed by atoms with van der Waals surface area (Å²) in [4.78, 5) is -0.0787. The van der Waals surface area contributed by atoms with E-state index in [1.807, 2.05) is 6.26 Å². The molecule has 4 N–H and O–H groups in total. The van der Waals surface area contributed by atoms with Crippen molar-refractivity contribution in [2.45, 2.75) is 17.4 Å². The zero-order valence-electron chi connectivity index (χ0n) is 10.5. The Labute approximate surface area is 111 Å². The van der Waals surface area contributed by atoms with Gasteiger partial charge in [0.1, 0.15) is 4.90 Å². The third-order valence-corrected chi connectivity index (χ3v) is 4.54. The molecule has 1 atom stereocenters. The molecule has 7 nitrogen and oxygen atoms in total. The predicted octanol–water partition coefficient (Wildman–Crippen LogP) is -0.605. The van der Waals surface area contributed by atoms with E-state index in [2.05, 4.69) is 9.82 Å². The predicted molar refractivity (Wildman–Crippen MR) is 71.8 cm³/mol. The van der Waals surface area contributed by atoms with E-state index in [0.717, 1.165) is 0 Å². The number of hydrogen-bond acceptors (Lipinski definition) is 6. The standard InChI is InChI=1S/C9H18N4O3S2/c1-9(14,6-17-3)5-11-18(15,16)7-4-13(2)12-8(7)10/h4,11,14H,5-6H2,1-3H3,(H2,10,12). The second-order valence-corrected chi connectivity index (χ2v) is 6.91. The maximum atomic E-state index is 12.0. The molecule has 0 saturated carbocycles. The third kappa shape index (κ3) is 3.87. The van der Waals surface area contributed by atoms with E-state index in [1.54, 1.807) is 14.0 Å². The quantitative estimate of drug-likeness (QED) is 0.646. The van der Waals surface area contributed by atoms with Crippen LogP contribution in [-0.2, 0) is 17.1 Å². The van der Waals surface area contributed by atoms with E-state index < -0.39 is 15.6 Å². The number of thioether (sulfide) groups is 1. The van der Waals surface area contributed by atoms with E-state index >= 15 is 0 Å². The summed E-state index contributed by atoms with van der Waals surface area (Å²) in [5.74, 6) is 0.368. The summed E-state index contributed by atoms with van der Waals surface area (Å²) in [5.41, 5.74) is 4.40. The van der Waals surface area contributed by atoms with Crippen LogP contribution in [0.15, 0.2) is 11.1 Å². The normalized spacial score (nSPS) is 15.6. The summed E-state index contributed by atoms with van der Waals surface area (Å²) >= 11 is 1.44. The molecular weight excluding hydrogens is 276 g/mol. The third-order valence-electron chi connectivity index (χ3n) is 2.21. The summed E-state index contributed by atoms with van der Waals surface area (Å²) in [6.07, 6.45) is 3.16. The first-order chi connectivity index (χ1) is 8.18. The van der Waals surface area contributed by atoms with Gasteiger partial charge in [0.05, 0.1) is 5.60 Å². The Kier molecular flexibility index (Phi) is 4.65. The molecule has 1 unspecified atom stereocenters. The Morgan fingerprint density at radius 1 is 1.67 bits per heavy atom. The lowest BCUT2D eigenvalue weighted by atomic mass is 10.1. The Hall–Kier alpha value is -0.770. The van der Waals surface area contributed by atoms with Crippen LogP contribution in [0.25, 0.3) is 0 Å². The molecule has 0 aromatic carbocycles. The number of hydrogen-bond donors (Lipinski definition) is 3. The minimum atomic E-state index is -3.75. The van der Waals surface area contributed by atoms with Gasteiger partial charge in [0.25, 0.3) is 0 Å². The van der Waals surface area contributed by atoms with Gasteiger partial charge in [-0.05, 0) is 13.2 Å². The number of rotatable bonds is 6. The molecule has 0 amide bonds. The van der Waals surface area contributed by atoms with Gasteiger partial charge < -0.3 is 10.8 Å². The van der Waals surface area contributed by atoms with Gasteiger partial charge >= 0.3 is 0 Å². The molecule has 1 aromatic rings. The van der Waals surface area contributed by atoms with Crippen molar-refractivity contribution < 1.29 is 13.5 Å². The van der Waals surface area contributed by atoms with Crippen molar-refractivity contribution in [3.63, 3.8) is 0 Å². The number of nitrogens with zero attached hydrogens (tertiary/aromatic N) is 2. The molecule has 1 aromatic heterocycles. The van der Waals surface area contributed by atoms with Crippen LogP contribution in [0.2, 0.25) is 0 Å². The molecule has 0 radical (unpaired) electrons. The first kappa shape index (κ1) is 15.3.